The summed E-state index contributed by atoms with van der Waals surface area (Å²) < 4.78 is 7.44. The molecule has 1 aromatic heterocycles. The zero-order chi connectivity index (χ0) is 21.9. The molecular weight excluding hydrogens is 418 g/mol. The van der Waals surface area contributed by atoms with Gasteiger partial charge in [-0.1, -0.05) is 17.7 Å². The molecule has 3 heterocycles. The van der Waals surface area contributed by atoms with Crippen LogP contribution >= 0.6 is 11.3 Å². The van der Waals surface area contributed by atoms with Crippen LogP contribution < -0.4 is 20.3 Å². The van der Waals surface area contributed by atoms with Gasteiger partial charge in [0.25, 0.3) is 5.91 Å². The van der Waals surface area contributed by atoms with E-state index in [0.717, 1.165) is 72.6 Å². The molecule has 5 nitrogen and oxygen atoms in total. The molecule has 0 radical (unpaired) electrons. The average Bonchev–Trinajstić information content (AvgIpc) is 3.25. The van der Waals surface area contributed by atoms with Crippen molar-refractivity contribution in [2.45, 2.75) is 44.8 Å². The maximum Gasteiger partial charge on any atom is 0.261 e. The van der Waals surface area contributed by atoms with Gasteiger partial charge in [-0.15, -0.1) is 11.3 Å². The van der Waals surface area contributed by atoms with E-state index in [-0.39, 0.29) is 18.1 Å². The molecule has 32 heavy (non-hydrogen) atoms. The highest BCUT2D eigenvalue weighted by molar-refractivity contribution is 7.20. The number of ether oxygens (including phenoxy) is 1. The Morgan fingerprint density at radius 1 is 1.03 bits per heavy atom. The summed E-state index contributed by atoms with van der Waals surface area (Å²) in [6, 6.07) is 17.2. The van der Waals surface area contributed by atoms with Crippen molar-refractivity contribution < 1.29 is 9.53 Å². The first kappa shape index (κ1) is 21.3. The largest absolute Gasteiger partial charge is 0.490 e. The monoisotopic (exact) mass is 449 g/mol. The van der Waals surface area contributed by atoms with Crippen LogP contribution in [0, 0.1) is 6.92 Å². The lowest BCUT2D eigenvalue weighted by molar-refractivity contribution is 0.0933. The van der Waals surface area contributed by atoms with E-state index >= 15 is 0 Å². The van der Waals surface area contributed by atoms with Gasteiger partial charge in [-0.3, -0.25) is 4.79 Å². The van der Waals surface area contributed by atoms with Crippen LogP contribution in [-0.2, 0) is 0 Å². The second-order valence-electron chi connectivity index (χ2n) is 8.95. The van der Waals surface area contributed by atoms with Gasteiger partial charge in [0.15, 0.2) is 0 Å². The van der Waals surface area contributed by atoms with Gasteiger partial charge in [0.2, 0.25) is 0 Å². The fourth-order valence-electron chi connectivity index (χ4n) is 4.60. The zero-order valence-corrected chi connectivity index (χ0v) is 19.4. The van der Waals surface area contributed by atoms with Crippen molar-refractivity contribution in [3.8, 4) is 5.75 Å². The molecule has 2 saturated heterocycles. The van der Waals surface area contributed by atoms with Crippen LogP contribution in [0.2, 0.25) is 0 Å². The van der Waals surface area contributed by atoms with E-state index in [1.165, 1.54) is 11.3 Å². The lowest BCUT2D eigenvalue weighted by atomic mass is 10.1. The lowest BCUT2D eigenvalue weighted by Crippen LogP contribution is -2.42. The minimum atomic E-state index is 0.0454. The molecule has 1 amide bonds. The Balaban J connectivity index is 1.19. The Morgan fingerprint density at radius 2 is 1.78 bits per heavy atom. The standard InChI is InChI=1S/C26H31N3O2S/c1-18-2-5-21(6-3-18)29-14-10-22(11-15-29)31-23-7-4-19-16-25(32-24(19)17-23)26(30)28-20-8-12-27-13-9-20/h2-7,16-17,20,22,27H,8-15H2,1H3,(H,28,30). The Hall–Kier alpha value is -2.57. The van der Waals surface area contributed by atoms with Gasteiger partial charge in [0.1, 0.15) is 11.9 Å². The van der Waals surface area contributed by atoms with Crippen molar-refractivity contribution in [3.05, 3.63) is 59.0 Å². The molecule has 2 N–H and O–H groups in total. The summed E-state index contributed by atoms with van der Waals surface area (Å²) in [6.45, 7) is 6.09. The minimum absolute atomic E-state index is 0.0454. The lowest BCUT2D eigenvalue weighted by Gasteiger charge is -2.33. The molecule has 0 atom stereocenters. The number of fused-ring (bicyclic) bond motifs is 1. The fourth-order valence-corrected chi connectivity index (χ4v) is 5.59. The summed E-state index contributed by atoms with van der Waals surface area (Å²) >= 11 is 1.55. The van der Waals surface area contributed by atoms with Crippen molar-refractivity contribution in [1.29, 1.82) is 0 Å². The van der Waals surface area contributed by atoms with Crippen molar-refractivity contribution in [1.82, 2.24) is 10.6 Å². The average molecular weight is 450 g/mol. The van der Waals surface area contributed by atoms with Crippen molar-refractivity contribution in [2.75, 3.05) is 31.1 Å². The number of carbonyl (C=O) groups is 1. The van der Waals surface area contributed by atoms with Gasteiger partial charge in [-0.2, -0.15) is 0 Å². The number of amides is 1. The molecule has 0 aliphatic carbocycles. The molecule has 6 heteroatoms. The Kier molecular flexibility index (Phi) is 6.32. The molecule has 2 aromatic carbocycles. The number of hydrogen-bond donors (Lipinski definition) is 2. The number of nitrogens with one attached hydrogen (secondary N) is 2. The van der Waals surface area contributed by atoms with Gasteiger partial charge in [-0.05, 0) is 74.6 Å². The maximum absolute atomic E-state index is 12.7. The molecule has 0 unspecified atom stereocenters. The van der Waals surface area contributed by atoms with Crippen LogP contribution in [0.4, 0.5) is 5.69 Å². The summed E-state index contributed by atoms with van der Waals surface area (Å²) in [4.78, 5) is 15.9. The third kappa shape index (κ3) is 4.92. The number of benzene rings is 2. The van der Waals surface area contributed by atoms with E-state index < -0.39 is 0 Å². The number of nitrogens with zero attached hydrogens (tertiary/aromatic N) is 1. The van der Waals surface area contributed by atoms with E-state index in [1.54, 1.807) is 11.3 Å². The van der Waals surface area contributed by atoms with Crippen molar-refractivity contribution >= 4 is 33.0 Å². The van der Waals surface area contributed by atoms with Crippen molar-refractivity contribution in [2.24, 2.45) is 0 Å². The summed E-state index contributed by atoms with van der Waals surface area (Å²) in [5.74, 6) is 0.947. The number of anilines is 1. The van der Waals surface area contributed by atoms with E-state index in [1.807, 2.05) is 12.1 Å². The molecule has 0 saturated carbocycles. The van der Waals surface area contributed by atoms with E-state index in [2.05, 4.69) is 58.9 Å². The first-order chi connectivity index (χ1) is 15.6. The molecular formula is C26H31N3O2S. The molecule has 168 valence electrons. The molecule has 3 aromatic rings. The number of rotatable bonds is 5. The first-order valence-corrected chi connectivity index (χ1v) is 12.5. The van der Waals surface area contributed by atoms with E-state index in [9.17, 15) is 4.79 Å². The predicted molar refractivity (Wildman–Crippen MR) is 132 cm³/mol. The molecule has 5 rings (SSSR count). The van der Waals surface area contributed by atoms with Crippen LogP contribution in [0.1, 0.15) is 40.9 Å². The maximum atomic E-state index is 12.7. The smallest absolute Gasteiger partial charge is 0.261 e. The van der Waals surface area contributed by atoms with Crippen LogP contribution in [-0.4, -0.2) is 44.2 Å². The van der Waals surface area contributed by atoms with Crippen LogP contribution in [0.15, 0.2) is 48.5 Å². The van der Waals surface area contributed by atoms with Crippen LogP contribution in [0.5, 0.6) is 5.75 Å². The fraction of sp³-hybridized carbons (Fsp3) is 0.423. The second kappa shape index (κ2) is 9.51. The second-order valence-corrected chi connectivity index (χ2v) is 10.0. The summed E-state index contributed by atoms with van der Waals surface area (Å²) in [5, 5.41) is 7.63. The summed E-state index contributed by atoms with van der Waals surface area (Å²) in [6.07, 6.45) is 4.26. The number of thiophene rings is 1. The van der Waals surface area contributed by atoms with Crippen LogP contribution in [0.3, 0.4) is 0 Å². The Labute approximate surface area is 193 Å². The third-order valence-electron chi connectivity index (χ3n) is 6.53. The molecule has 0 spiro atoms. The van der Waals surface area contributed by atoms with Gasteiger partial charge in [-0.25, -0.2) is 0 Å². The normalized spacial score (nSPS) is 18.1. The highest BCUT2D eigenvalue weighted by Crippen LogP contribution is 2.31. The topological polar surface area (TPSA) is 53.6 Å². The number of piperidine rings is 2. The molecule has 2 fully saturated rings. The van der Waals surface area contributed by atoms with Gasteiger partial charge in [0.05, 0.1) is 4.88 Å². The quantitative estimate of drug-likeness (QED) is 0.591. The number of hydrogen-bond acceptors (Lipinski definition) is 5. The predicted octanol–water partition coefficient (Wildman–Crippen LogP) is 4.74. The van der Waals surface area contributed by atoms with Gasteiger partial charge < -0.3 is 20.3 Å². The zero-order valence-electron chi connectivity index (χ0n) is 18.6. The Bertz CT molecular complexity index is 1060. The highest BCUT2D eigenvalue weighted by Gasteiger charge is 2.22. The summed E-state index contributed by atoms with van der Waals surface area (Å²) in [5.41, 5.74) is 2.59. The number of carbonyl (C=O) groups excluding carboxylic acids is 1. The van der Waals surface area contributed by atoms with Gasteiger partial charge in [0, 0.05) is 42.4 Å². The molecule has 2 aliphatic heterocycles. The number of aryl methyl sites for hydroxylation is 1. The third-order valence-corrected chi connectivity index (χ3v) is 7.63. The van der Waals surface area contributed by atoms with E-state index in [4.69, 9.17) is 4.74 Å². The summed E-state index contributed by atoms with van der Waals surface area (Å²) in [7, 11) is 0. The molecule has 0 bridgehead atoms. The van der Waals surface area contributed by atoms with Crippen LogP contribution in [0.25, 0.3) is 10.1 Å². The van der Waals surface area contributed by atoms with E-state index in [0.29, 0.717) is 0 Å². The van der Waals surface area contributed by atoms with Crippen molar-refractivity contribution in [3.63, 3.8) is 0 Å². The minimum Gasteiger partial charge on any atom is -0.490 e. The van der Waals surface area contributed by atoms with Gasteiger partial charge >= 0.3 is 0 Å². The first-order valence-electron chi connectivity index (χ1n) is 11.7. The Morgan fingerprint density at radius 3 is 2.53 bits per heavy atom. The molecule has 2 aliphatic rings. The SMILES string of the molecule is Cc1ccc(N2CCC(Oc3ccc4cc(C(=O)NC5CCNCC5)sc4c3)CC2)cc1. The highest BCUT2D eigenvalue weighted by atomic mass is 32.1.